The Kier molecular flexibility index (Phi) is 3.11. The van der Waals surface area contributed by atoms with Crippen LogP contribution in [0.2, 0.25) is 13.1 Å². The molecule has 0 saturated heterocycles. The highest BCUT2D eigenvalue weighted by Gasteiger charge is 2.28. The van der Waals surface area contributed by atoms with E-state index in [1.807, 2.05) is 0 Å². The second kappa shape index (κ2) is 4.99. The van der Waals surface area contributed by atoms with Crippen molar-refractivity contribution in [3.63, 3.8) is 0 Å². The molecule has 0 radical (unpaired) electrons. The van der Waals surface area contributed by atoms with Crippen LogP contribution in [0.3, 0.4) is 0 Å². The molecule has 2 aromatic carbocycles. The van der Waals surface area contributed by atoms with Crippen molar-refractivity contribution in [2.24, 2.45) is 0 Å². The largest absolute Gasteiger partial charge is 0.0794 e. The van der Waals surface area contributed by atoms with Gasteiger partial charge in [0.1, 0.15) is 0 Å². The Morgan fingerprint density at radius 1 is 1.05 bits per heavy atom. The Balaban J connectivity index is 1.98. The lowest BCUT2D eigenvalue weighted by molar-refractivity contribution is 0.912. The van der Waals surface area contributed by atoms with Gasteiger partial charge in [-0.2, -0.15) is 0 Å². The van der Waals surface area contributed by atoms with Crippen LogP contribution >= 0.6 is 0 Å². The van der Waals surface area contributed by atoms with Gasteiger partial charge in [0.05, 0.1) is 0 Å². The molecule has 0 aliphatic heterocycles. The van der Waals surface area contributed by atoms with E-state index in [1.165, 1.54) is 36.0 Å². The molecule has 0 nitrogen and oxygen atoms in total. The average molecular weight is 290 g/mol. The second-order valence-electron chi connectivity index (χ2n) is 6.74. The van der Waals surface area contributed by atoms with Crippen molar-refractivity contribution in [3.05, 3.63) is 64.7 Å². The highest BCUT2D eigenvalue weighted by molar-refractivity contribution is 6.58. The molecule has 0 heterocycles. The summed E-state index contributed by atoms with van der Waals surface area (Å²) in [5.74, 6) is 0. The van der Waals surface area contributed by atoms with Crippen LogP contribution in [-0.2, 0) is 12.8 Å². The van der Waals surface area contributed by atoms with Gasteiger partial charge >= 0.3 is 0 Å². The normalized spacial score (nSPS) is 19.1. The zero-order chi connectivity index (χ0) is 14.4. The summed E-state index contributed by atoms with van der Waals surface area (Å²) >= 11 is 0. The SMILES string of the molecule is C[SiH](C)C1C=Cc2c1cc1c(c2-c2ccccc2)CCC1. The molecule has 21 heavy (non-hydrogen) atoms. The van der Waals surface area contributed by atoms with Crippen molar-refractivity contribution in [2.45, 2.75) is 37.9 Å². The Bertz CT molecular complexity index is 710. The average Bonchev–Trinajstić information content (AvgIpc) is 3.11. The number of hydrogen-bond donors (Lipinski definition) is 0. The zero-order valence-corrected chi connectivity index (χ0v) is 14.0. The summed E-state index contributed by atoms with van der Waals surface area (Å²) in [4.78, 5) is 0. The Labute approximate surface area is 129 Å². The first-order valence-electron chi connectivity index (χ1n) is 8.18. The summed E-state index contributed by atoms with van der Waals surface area (Å²) in [5.41, 5.74) is 10.1. The van der Waals surface area contributed by atoms with Crippen molar-refractivity contribution in [1.29, 1.82) is 0 Å². The summed E-state index contributed by atoms with van der Waals surface area (Å²) in [6.07, 6.45) is 8.74. The van der Waals surface area contributed by atoms with E-state index in [1.54, 1.807) is 16.7 Å². The molecular weight excluding hydrogens is 268 g/mol. The Morgan fingerprint density at radius 2 is 1.86 bits per heavy atom. The second-order valence-corrected chi connectivity index (χ2v) is 9.95. The van der Waals surface area contributed by atoms with Crippen molar-refractivity contribution >= 4 is 14.9 Å². The maximum Gasteiger partial charge on any atom is 0.0436 e. The summed E-state index contributed by atoms with van der Waals surface area (Å²) < 4.78 is 0. The van der Waals surface area contributed by atoms with Crippen LogP contribution in [0.1, 0.15) is 34.2 Å². The number of rotatable bonds is 2. The molecule has 2 aliphatic carbocycles. The van der Waals surface area contributed by atoms with Crippen molar-refractivity contribution in [1.82, 2.24) is 0 Å². The molecule has 2 aliphatic rings. The Morgan fingerprint density at radius 3 is 2.62 bits per heavy atom. The van der Waals surface area contributed by atoms with Crippen LogP contribution < -0.4 is 0 Å². The summed E-state index contributed by atoms with van der Waals surface area (Å²) in [6, 6.07) is 13.6. The molecule has 2 aromatic rings. The topological polar surface area (TPSA) is 0 Å². The fourth-order valence-corrected chi connectivity index (χ4v) is 5.61. The third-order valence-electron chi connectivity index (χ3n) is 5.08. The number of fused-ring (bicyclic) bond motifs is 2. The number of hydrogen-bond acceptors (Lipinski definition) is 0. The van der Waals surface area contributed by atoms with Gasteiger partial charge in [-0.3, -0.25) is 0 Å². The van der Waals surface area contributed by atoms with E-state index in [0.29, 0.717) is 0 Å². The van der Waals surface area contributed by atoms with Crippen LogP contribution in [0.25, 0.3) is 17.2 Å². The molecule has 1 unspecified atom stereocenters. The van der Waals surface area contributed by atoms with Gasteiger partial charge in [-0.1, -0.05) is 61.6 Å². The van der Waals surface area contributed by atoms with Gasteiger partial charge < -0.3 is 0 Å². The smallest absolute Gasteiger partial charge is 0.0436 e. The third kappa shape index (κ3) is 2.03. The molecule has 0 saturated carbocycles. The van der Waals surface area contributed by atoms with Crippen molar-refractivity contribution in [3.8, 4) is 11.1 Å². The molecule has 4 rings (SSSR count). The van der Waals surface area contributed by atoms with E-state index in [0.717, 1.165) is 5.54 Å². The summed E-state index contributed by atoms with van der Waals surface area (Å²) in [6.45, 7) is 4.94. The fraction of sp³-hybridized carbons (Fsp3) is 0.300. The van der Waals surface area contributed by atoms with Crippen LogP contribution in [-0.4, -0.2) is 8.80 Å². The molecule has 0 amide bonds. The maximum atomic E-state index is 2.54. The first-order chi connectivity index (χ1) is 10.3. The predicted octanol–water partition coefficient (Wildman–Crippen LogP) is 4.98. The number of benzene rings is 2. The quantitative estimate of drug-likeness (QED) is 0.684. The molecule has 0 spiro atoms. The first-order valence-corrected chi connectivity index (χ1v) is 11.2. The van der Waals surface area contributed by atoms with Gasteiger partial charge in [-0.15, -0.1) is 0 Å². The minimum absolute atomic E-state index is 0.688. The summed E-state index contributed by atoms with van der Waals surface area (Å²) in [5, 5.41) is 0. The van der Waals surface area contributed by atoms with E-state index in [2.05, 4.69) is 61.6 Å². The molecule has 0 N–H and O–H groups in total. The zero-order valence-electron chi connectivity index (χ0n) is 12.9. The molecule has 1 heteroatoms. The molecule has 0 aromatic heterocycles. The predicted molar refractivity (Wildman–Crippen MR) is 94.6 cm³/mol. The van der Waals surface area contributed by atoms with Crippen molar-refractivity contribution in [2.75, 3.05) is 0 Å². The van der Waals surface area contributed by atoms with Gasteiger partial charge in [-0.05, 0) is 58.2 Å². The van der Waals surface area contributed by atoms with Gasteiger partial charge in [0.2, 0.25) is 0 Å². The van der Waals surface area contributed by atoms with Crippen molar-refractivity contribution < 1.29 is 0 Å². The van der Waals surface area contributed by atoms with E-state index >= 15 is 0 Å². The molecule has 106 valence electrons. The highest BCUT2D eigenvalue weighted by atomic mass is 28.3. The number of allylic oxidation sites excluding steroid dienone is 1. The van der Waals surface area contributed by atoms with Gasteiger partial charge in [0, 0.05) is 8.80 Å². The van der Waals surface area contributed by atoms with Gasteiger partial charge in [0.15, 0.2) is 0 Å². The van der Waals surface area contributed by atoms with E-state index < -0.39 is 8.80 Å². The molecule has 0 fully saturated rings. The lowest BCUT2D eigenvalue weighted by atomic mass is 9.89. The first kappa shape index (κ1) is 13.1. The monoisotopic (exact) mass is 290 g/mol. The number of aryl methyl sites for hydroxylation is 1. The van der Waals surface area contributed by atoms with E-state index in [-0.39, 0.29) is 0 Å². The van der Waals surface area contributed by atoms with Crippen LogP contribution in [0.4, 0.5) is 0 Å². The van der Waals surface area contributed by atoms with E-state index in [9.17, 15) is 0 Å². The third-order valence-corrected chi connectivity index (χ3v) is 7.10. The lowest BCUT2D eigenvalue weighted by Gasteiger charge is -2.19. The molecule has 0 bridgehead atoms. The summed E-state index contributed by atoms with van der Waals surface area (Å²) in [7, 11) is -0.688. The highest BCUT2D eigenvalue weighted by Crippen LogP contribution is 2.44. The Hall–Kier alpha value is -1.60. The van der Waals surface area contributed by atoms with Gasteiger partial charge in [0.25, 0.3) is 0 Å². The molecule has 1 atom stereocenters. The molecular formula is C20H22Si. The standard InChI is InChI=1S/C20H22Si/c1-21(2)19-12-11-17-18(19)13-15-9-6-10-16(15)20(17)14-7-4-3-5-8-14/h3-5,7-8,11-13,19,21H,6,9-10H2,1-2H3. The van der Waals surface area contributed by atoms with Gasteiger partial charge in [-0.25, -0.2) is 0 Å². The van der Waals surface area contributed by atoms with Crippen LogP contribution in [0, 0.1) is 0 Å². The lowest BCUT2D eigenvalue weighted by Crippen LogP contribution is -2.13. The fourth-order valence-electron chi connectivity index (χ4n) is 4.06. The minimum atomic E-state index is -0.688. The minimum Gasteiger partial charge on any atom is -0.0794 e. The van der Waals surface area contributed by atoms with E-state index in [4.69, 9.17) is 0 Å². The van der Waals surface area contributed by atoms with Crippen LogP contribution in [0.15, 0.2) is 42.5 Å². The maximum absolute atomic E-state index is 2.54. The van der Waals surface area contributed by atoms with Crippen LogP contribution in [0.5, 0.6) is 0 Å².